The van der Waals surface area contributed by atoms with Crippen LogP contribution in [0.2, 0.25) is 0 Å². The average Bonchev–Trinajstić information content (AvgIpc) is 2.76. The Kier molecular flexibility index (Phi) is 6.14. The number of hydrogen-bond acceptors (Lipinski definition) is 3. The van der Waals surface area contributed by atoms with Gasteiger partial charge in [0, 0.05) is 44.3 Å². The fourth-order valence-electron chi connectivity index (χ4n) is 4.38. The number of anilines is 1. The van der Waals surface area contributed by atoms with Gasteiger partial charge in [-0.3, -0.25) is 9.69 Å². The maximum atomic E-state index is 13.1. The summed E-state index contributed by atoms with van der Waals surface area (Å²) in [7, 11) is 0. The van der Waals surface area contributed by atoms with E-state index in [0.29, 0.717) is 5.91 Å². The van der Waals surface area contributed by atoms with Crippen molar-refractivity contribution in [1.82, 2.24) is 9.80 Å². The predicted octanol–water partition coefficient (Wildman–Crippen LogP) is 3.69. The van der Waals surface area contributed by atoms with Crippen molar-refractivity contribution in [2.75, 3.05) is 44.2 Å². The number of piperazine rings is 1. The first-order valence-corrected chi connectivity index (χ1v) is 10.7. The van der Waals surface area contributed by atoms with Crippen LogP contribution in [-0.4, -0.2) is 55.0 Å². The largest absolute Gasteiger partial charge is 0.368 e. The van der Waals surface area contributed by atoms with Crippen LogP contribution in [0.25, 0.3) is 0 Å². The Balaban J connectivity index is 1.23. The lowest BCUT2D eigenvalue weighted by molar-refractivity contribution is -0.137. The Labute approximate surface area is 172 Å². The quantitative estimate of drug-likeness (QED) is 0.790. The van der Waals surface area contributed by atoms with Gasteiger partial charge in [-0.05, 0) is 62.7 Å². The number of likely N-dealkylation sites (tertiary alicyclic amines) is 1. The molecule has 0 aromatic heterocycles. The molecule has 0 atom stereocenters. The minimum absolute atomic E-state index is 0.154. The van der Waals surface area contributed by atoms with Crippen LogP contribution in [0.15, 0.2) is 48.5 Å². The molecule has 0 spiro atoms. The summed E-state index contributed by atoms with van der Waals surface area (Å²) in [5.74, 6) is 0.261. The molecule has 2 heterocycles. The summed E-state index contributed by atoms with van der Waals surface area (Å²) in [4.78, 5) is 19.7. The first kappa shape index (κ1) is 19.9. The van der Waals surface area contributed by atoms with E-state index in [-0.39, 0.29) is 11.7 Å². The van der Waals surface area contributed by atoms with Crippen molar-refractivity contribution in [3.8, 4) is 0 Å². The molecule has 0 unspecified atom stereocenters. The molecule has 2 aliphatic rings. The van der Waals surface area contributed by atoms with Gasteiger partial charge in [-0.15, -0.1) is 0 Å². The van der Waals surface area contributed by atoms with Gasteiger partial charge >= 0.3 is 0 Å². The van der Waals surface area contributed by atoms with Crippen molar-refractivity contribution in [1.29, 1.82) is 0 Å². The van der Waals surface area contributed by atoms with Gasteiger partial charge in [0.25, 0.3) is 0 Å². The third-order valence-electron chi connectivity index (χ3n) is 6.25. The van der Waals surface area contributed by atoms with Crippen LogP contribution >= 0.6 is 0 Å². The van der Waals surface area contributed by atoms with Crippen molar-refractivity contribution in [3.63, 3.8) is 0 Å². The highest BCUT2D eigenvalue weighted by Crippen LogP contribution is 2.23. The van der Waals surface area contributed by atoms with E-state index in [4.69, 9.17) is 0 Å². The normalized spacial score (nSPS) is 18.8. The number of aryl methyl sites for hydroxylation is 1. The number of rotatable bonds is 4. The van der Waals surface area contributed by atoms with E-state index in [9.17, 15) is 9.18 Å². The lowest BCUT2D eigenvalue weighted by atomic mass is 9.94. The molecule has 4 rings (SSSR count). The second-order valence-corrected chi connectivity index (χ2v) is 8.32. The molecule has 29 heavy (non-hydrogen) atoms. The topological polar surface area (TPSA) is 26.8 Å². The number of nitrogens with zero attached hydrogens (tertiary/aromatic N) is 3. The standard InChI is InChI=1S/C24H30FN3O/c1-19-2-4-20(5-3-19)18-26-12-10-21(11-13-26)24(29)28-16-14-27(15-17-28)23-8-6-22(25)7-9-23/h2-9,21H,10-18H2,1H3. The summed E-state index contributed by atoms with van der Waals surface area (Å²) in [5.41, 5.74) is 3.66. The van der Waals surface area contributed by atoms with Gasteiger partial charge in [0.05, 0.1) is 0 Å². The Morgan fingerprint density at radius 3 is 2.14 bits per heavy atom. The van der Waals surface area contributed by atoms with Gasteiger partial charge in [-0.2, -0.15) is 0 Å². The van der Waals surface area contributed by atoms with Crippen molar-refractivity contribution < 1.29 is 9.18 Å². The smallest absolute Gasteiger partial charge is 0.225 e. The van der Waals surface area contributed by atoms with Crippen LogP contribution in [0.1, 0.15) is 24.0 Å². The van der Waals surface area contributed by atoms with Crippen LogP contribution in [0.3, 0.4) is 0 Å². The average molecular weight is 396 g/mol. The highest BCUT2D eigenvalue weighted by molar-refractivity contribution is 5.79. The summed E-state index contributed by atoms with van der Waals surface area (Å²) in [5, 5.41) is 0. The van der Waals surface area contributed by atoms with Gasteiger partial charge < -0.3 is 9.80 Å². The SMILES string of the molecule is Cc1ccc(CN2CCC(C(=O)N3CCN(c4ccc(F)cc4)CC3)CC2)cc1. The zero-order chi connectivity index (χ0) is 20.2. The van der Waals surface area contributed by atoms with Crippen molar-refractivity contribution in [3.05, 3.63) is 65.5 Å². The summed E-state index contributed by atoms with van der Waals surface area (Å²) in [6, 6.07) is 15.4. The highest BCUT2D eigenvalue weighted by atomic mass is 19.1. The minimum Gasteiger partial charge on any atom is -0.368 e. The van der Waals surface area contributed by atoms with E-state index < -0.39 is 0 Å². The molecule has 154 valence electrons. The molecule has 0 radical (unpaired) electrons. The molecule has 2 aromatic rings. The van der Waals surface area contributed by atoms with Gasteiger partial charge in [0.1, 0.15) is 5.82 Å². The lowest BCUT2D eigenvalue weighted by Gasteiger charge is -2.39. The molecule has 0 bridgehead atoms. The molecular formula is C24H30FN3O. The third-order valence-corrected chi connectivity index (χ3v) is 6.25. The lowest BCUT2D eigenvalue weighted by Crippen LogP contribution is -2.51. The Bertz CT molecular complexity index is 805. The third kappa shape index (κ3) is 4.96. The molecule has 0 N–H and O–H groups in total. The second-order valence-electron chi connectivity index (χ2n) is 8.32. The first-order chi connectivity index (χ1) is 14.1. The minimum atomic E-state index is -0.212. The van der Waals surface area contributed by atoms with Gasteiger partial charge in [-0.25, -0.2) is 4.39 Å². The van der Waals surface area contributed by atoms with E-state index in [1.54, 1.807) is 0 Å². The second kappa shape index (κ2) is 8.95. The molecule has 2 saturated heterocycles. The molecular weight excluding hydrogens is 365 g/mol. The summed E-state index contributed by atoms with van der Waals surface area (Å²) in [6.07, 6.45) is 1.89. The molecule has 2 fully saturated rings. The van der Waals surface area contributed by atoms with E-state index in [2.05, 4.69) is 41.0 Å². The number of piperidine rings is 1. The number of halogens is 1. The molecule has 5 heteroatoms. The first-order valence-electron chi connectivity index (χ1n) is 10.7. The van der Waals surface area contributed by atoms with Crippen LogP contribution in [0.4, 0.5) is 10.1 Å². The van der Waals surface area contributed by atoms with Crippen LogP contribution in [0, 0.1) is 18.7 Å². The highest BCUT2D eigenvalue weighted by Gasteiger charge is 2.30. The van der Waals surface area contributed by atoms with Crippen molar-refractivity contribution in [2.45, 2.75) is 26.3 Å². The molecule has 0 saturated carbocycles. The number of benzene rings is 2. The van der Waals surface area contributed by atoms with E-state index >= 15 is 0 Å². The van der Waals surface area contributed by atoms with Gasteiger partial charge in [-0.1, -0.05) is 29.8 Å². The van der Waals surface area contributed by atoms with E-state index in [1.807, 2.05) is 17.0 Å². The van der Waals surface area contributed by atoms with E-state index in [0.717, 1.165) is 64.3 Å². The maximum absolute atomic E-state index is 13.1. The fourth-order valence-corrected chi connectivity index (χ4v) is 4.38. The summed E-state index contributed by atoms with van der Waals surface area (Å²) in [6.45, 7) is 8.17. The number of hydrogen-bond donors (Lipinski definition) is 0. The fraction of sp³-hybridized carbons (Fsp3) is 0.458. The van der Waals surface area contributed by atoms with Crippen molar-refractivity contribution >= 4 is 11.6 Å². The number of amides is 1. The number of carbonyl (C=O) groups excluding carboxylic acids is 1. The molecule has 4 nitrogen and oxygen atoms in total. The Hall–Kier alpha value is -2.40. The number of carbonyl (C=O) groups is 1. The zero-order valence-electron chi connectivity index (χ0n) is 17.2. The zero-order valence-corrected chi connectivity index (χ0v) is 17.2. The van der Waals surface area contributed by atoms with E-state index in [1.165, 1.54) is 23.3 Å². The van der Waals surface area contributed by atoms with Crippen LogP contribution in [-0.2, 0) is 11.3 Å². The van der Waals surface area contributed by atoms with Gasteiger partial charge in [0.2, 0.25) is 5.91 Å². The van der Waals surface area contributed by atoms with Crippen LogP contribution < -0.4 is 4.90 Å². The maximum Gasteiger partial charge on any atom is 0.225 e. The molecule has 0 aliphatic carbocycles. The molecule has 2 aromatic carbocycles. The summed E-state index contributed by atoms with van der Waals surface area (Å²) >= 11 is 0. The monoisotopic (exact) mass is 395 g/mol. The van der Waals surface area contributed by atoms with Gasteiger partial charge in [0.15, 0.2) is 0 Å². The molecule has 1 amide bonds. The summed E-state index contributed by atoms with van der Waals surface area (Å²) < 4.78 is 13.1. The van der Waals surface area contributed by atoms with Crippen molar-refractivity contribution in [2.24, 2.45) is 5.92 Å². The van der Waals surface area contributed by atoms with Crippen LogP contribution in [0.5, 0.6) is 0 Å². The predicted molar refractivity (Wildman–Crippen MR) is 114 cm³/mol. The Morgan fingerprint density at radius 2 is 1.52 bits per heavy atom. The Morgan fingerprint density at radius 1 is 0.897 bits per heavy atom. The molecule has 2 aliphatic heterocycles.